The molecule has 20 heavy (non-hydrogen) atoms. The van der Waals surface area contributed by atoms with Crippen molar-refractivity contribution in [2.75, 3.05) is 46.6 Å². The van der Waals surface area contributed by atoms with Gasteiger partial charge in [-0.1, -0.05) is 0 Å². The van der Waals surface area contributed by atoms with Crippen LogP contribution in [0, 0.1) is 0 Å². The van der Waals surface area contributed by atoms with Gasteiger partial charge >= 0.3 is 0 Å². The van der Waals surface area contributed by atoms with Crippen LogP contribution in [0.25, 0.3) is 0 Å². The van der Waals surface area contributed by atoms with Crippen LogP contribution in [-0.2, 0) is 4.74 Å². The molecule has 0 spiro atoms. The van der Waals surface area contributed by atoms with E-state index in [1.165, 1.54) is 0 Å². The summed E-state index contributed by atoms with van der Waals surface area (Å²) in [5.41, 5.74) is 0.590. The first kappa shape index (κ1) is 14.8. The average Bonchev–Trinajstić information content (AvgIpc) is 2.52. The van der Waals surface area contributed by atoms with Crippen molar-refractivity contribution in [2.45, 2.75) is 6.42 Å². The molecule has 0 radical (unpaired) electrons. The molecule has 0 amide bonds. The number of ether oxygens (including phenoxy) is 3. The largest absolute Gasteiger partial charge is 0.493 e. The molecule has 1 N–H and O–H groups in total. The Morgan fingerprint density at radius 3 is 2.80 bits per heavy atom. The zero-order chi connectivity index (χ0) is 14.2. The molecule has 1 heterocycles. The number of carbonyl (C=O) groups is 1. The van der Waals surface area contributed by atoms with Crippen LogP contribution in [0.2, 0.25) is 0 Å². The van der Waals surface area contributed by atoms with E-state index in [9.17, 15) is 4.79 Å². The van der Waals surface area contributed by atoms with E-state index in [-0.39, 0.29) is 0 Å². The van der Waals surface area contributed by atoms with Crippen molar-refractivity contribution < 1.29 is 23.9 Å². The Morgan fingerprint density at radius 2 is 2.10 bits per heavy atom. The lowest BCUT2D eigenvalue weighted by molar-refractivity contribution is -0.908. The first-order chi connectivity index (χ1) is 9.83. The van der Waals surface area contributed by atoms with E-state index in [1.54, 1.807) is 30.2 Å². The summed E-state index contributed by atoms with van der Waals surface area (Å²) in [6, 6.07) is 5.21. The Balaban J connectivity index is 1.77. The number of rotatable bonds is 7. The van der Waals surface area contributed by atoms with Gasteiger partial charge in [0.15, 0.2) is 11.5 Å². The Morgan fingerprint density at radius 1 is 1.30 bits per heavy atom. The Kier molecular flexibility index (Phi) is 5.83. The van der Waals surface area contributed by atoms with Gasteiger partial charge in [-0.3, -0.25) is 4.79 Å². The molecule has 1 aromatic rings. The van der Waals surface area contributed by atoms with E-state index in [0.717, 1.165) is 45.6 Å². The van der Waals surface area contributed by atoms with Crippen molar-refractivity contribution in [3.8, 4) is 11.5 Å². The van der Waals surface area contributed by atoms with E-state index >= 15 is 0 Å². The lowest BCUT2D eigenvalue weighted by atomic mass is 10.2. The quantitative estimate of drug-likeness (QED) is 0.572. The second-order valence-corrected chi connectivity index (χ2v) is 4.84. The molecule has 1 aromatic carbocycles. The van der Waals surface area contributed by atoms with Crippen LogP contribution in [-0.4, -0.2) is 52.9 Å². The first-order valence-electron chi connectivity index (χ1n) is 7.01. The number of benzene rings is 1. The second kappa shape index (κ2) is 7.87. The van der Waals surface area contributed by atoms with E-state index in [2.05, 4.69) is 0 Å². The Labute approximate surface area is 119 Å². The fourth-order valence-corrected chi connectivity index (χ4v) is 2.29. The fraction of sp³-hybridized carbons (Fsp3) is 0.533. The van der Waals surface area contributed by atoms with Gasteiger partial charge in [0.05, 0.1) is 33.5 Å². The van der Waals surface area contributed by atoms with Crippen molar-refractivity contribution in [3.05, 3.63) is 23.8 Å². The number of morpholine rings is 1. The topological polar surface area (TPSA) is 49.2 Å². The highest BCUT2D eigenvalue weighted by atomic mass is 16.5. The molecular formula is C15H22NO4+. The average molecular weight is 280 g/mol. The van der Waals surface area contributed by atoms with Gasteiger partial charge in [-0.15, -0.1) is 0 Å². The van der Waals surface area contributed by atoms with Crippen LogP contribution in [0.4, 0.5) is 0 Å². The van der Waals surface area contributed by atoms with Gasteiger partial charge in [0.2, 0.25) is 0 Å². The first-order valence-corrected chi connectivity index (χ1v) is 7.01. The minimum Gasteiger partial charge on any atom is -0.493 e. The highest BCUT2D eigenvalue weighted by Crippen LogP contribution is 2.27. The Hall–Kier alpha value is -1.59. The Bertz CT molecular complexity index is 430. The van der Waals surface area contributed by atoms with Gasteiger partial charge in [-0.05, 0) is 18.2 Å². The van der Waals surface area contributed by atoms with Gasteiger partial charge in [-0.25, -0.2) is 0 Å². The third kappa shape index (κ3) is 4.21. The number of hydrogen-bond donors (Lipinski definition) is 1. The minimum atomic E-state index is 0.590. The fourth-order valence-electron chi connectivity index (χ4n) is 2.29. The van der Waals surface area contributed by atoms with Crippen molar-refractivity contribution in [2.24, 2.45) is 0 Å². The smallest absolute Gasteiger partial charge is 0.161 e. The van der Waals surface area contributed by atoms with Crippen molar-refractivity contribution in [1.82, 2.24) is 0 Å². The molecule has 5 heteroatoms. The summed E-state index contributed by atoms with van der Waals surface area (Å²) in [7, 11) is 1.58. The zero-order valence-electron chi connectivity index (χ0n) is 11.9. The minimum absolute atomic E-state index is 0.590. The lowest BCUT2D eigenvalue weighted by Gasteiger charge is -2.23. The number of quaternary nitrogens is 1. The normalized spacial score (nSPS) is 15.8. The zero-order valence-corrected chi connectivity index (χ0v) is 11.9. The molecule has 0 aliphatic carbocycles. The summed E-state index contributed by atoms with van der Waals surface area (Å²) in [6.07, 6.45) is 1.79. The highest BCUT2D eigenvalue weighted by molar-refractivity contribution is 5.76. The monoisotopic (exact) mass is 280 g/mol. The summed E-state index contributed by atoms with van der Waals surface area (Å²) < 4.78 is 16.3. The summed E-state index contributed by atoms with van der Waals surface area (Å²) in [5.74, 6) is 1.29. The molecule has 1 fully saturated rings. The maximum absolute atomic E-state index is 10.7. The molecule has 1 saturated heterocycles. The van der Waals surface area contributed by atoms with E-state index < -0.39 is 0 Å². The van der Waals surface area contributed by atoms with Crippen molar-refractivity contribution >= 4 is 6.29 Å². The molecule has 5 nitrogen and oxygen atoms in total. The number of hydrogen-bond acceptors (Lipinski definition) is 4. The third-order valence-corrected chi connectivity index (χ3v) is 3.46. The standard InChI is InChI=1S/C15H21NO4/c1-18-15-11-13(12-17)3-4-14(15)20-8-2-5-16-6-9-19-10-7-16/h3-4,11-12H,2,5-10H2,1H3/p+1. The molecule has 1 aliphatic rings. The predicted octanol–water partition coefficient (Wildman–Crippen LogP) is 0.192. The predicted molar refractivity (Wildman–Crippen MR) is 74.9 cm³/mol. The van der Waals surface area contributed by atoms with Crippen LogP contribution >= 0.6 is 0 Å². The van der Waals surface area contributed by atoms with Crippen molar-refractivity contribution in [3.63, 3.8) is 0 Å². The molecule has 2 rings (SSSR count). The van der Waals surface area contributed by atoms with Crippen molar-refractivity contribution in [1.29, 1.82) is 0 Å². The number of methoxy groups -OCH3 is 1. The maximum Gasteiger partial charge on any atom is 0.161 e. The molecule has 0 aromatic heterocycles. The van der Waals surface area contributed by atoms with E-state index in [1.807, 2.05) is 0 Å². The van der Waals surface area contributed by atoms with Gasteiger partial charge in [0, 0.05) is 12.0 Å². The van der Waals surface area contributed by atoms with Gasteiger partial charge < -0.3 is 19.1 Å². The molecule has 0 unspecified atom stereocenters. The van der Waals surface area contributed by atoms with Gasteiger partial charge in [0.1, 0.15) is 19.4 Å². The molecule has 0 bridgehead atoms. The van der Waals surface area contributed by atoms with E-state index in [0.29, 0.717) is 23.7 Å². The lowest BCUT2D eigenvalue weighted by Crippen LogP contribution is -3.14. The number of aldehydes is 1. The SMILES string of the molecule is COc1cc(C=O)ccc1OCCC[NH+]1CCOCC1. The van der Waals surface area contributed by atoms with Crippen LogP contribution in [0.15, 0.2) is 18.2 Å². The number of carbonyl (C=O) groups excluding carboxylic acids is 1. The molecule has 0 saturated carbocycles. The van der Waals surface area contributed by atoms with Crippen LogP contribution in [0.5, 0.6) is 11.5 Å². The van der Waals surface area contributed by atoms with E-state index in [4.69, 9.17) is 14.2 Å². The molecule has 1 aliphatic heterocycles. The summed E-state index contributed by atoms with van der Waals surface area (Å²) in [6.45, 7) is 5.63. The van der Waals surface area contributed by atoms with Crippen LogP contribution in [0.3, 0.4) is 0 Å². The van der Waals surface area contributed by atoms with Crippen LogP contribution in [0.1, 0.15) is 16.8 Å². The second-order valence-electron chi connectivity index (χ2n) is 4.84. The summed E-state index contributed by atoms with van der Waals surface area (Å²) in [4.78, 5) is 12.3. The van der Waals surface area contributed by atoms with Gasteiger partial charge in [-0.2, -0.15) is 0 Å². The molecular weight excluding hydrogens is 258 g/mol. The van der Waals surface area contributed by atoms with Crippen LogP contribution < -0.4 is 14.4 Å². The maximum atomic E-state index is 10.7. The third-order valence-electron chi connectivity index (χ3n) is 3.46. The molecule has 110 valence electrons. The highest BCUT2D eigenvalue weighted by Gasteiger charge is 2.13. The number of nitrogens with one attached hydrogen (secondary N) is 1. The summed E-state index contributed by atoms with van der Waals surface area (Å²) >= 11 is 0. The molecule has 0 atom stereocenters. The summed E-state index contributed by atoms with van der Waals surface area (Å²) in [5, 5.41) is 0. The van der Waals surface area contributed by atoms with Gasteiger partial charge in [0.25, 0.3) is 0 Å².